The molecule has 0 radical (unpaired) electrons. The largest absolute Gasteiger partial charge is 0.497 e. The van der Waals surface area contributed by atoms with Crippen LogP contribution in [0.2, 0.25) is 0 Å². The summed E-state index contributed by atoms with van der Waals surface area (Å²) in [6.07, 6.45) is 1.07. The Morgan fingerprint density at radius 2 is 1.33 bits per heavy atom. The second-order valence-electron chi connectivity index (χ2n) is 7.35. The van der Waals surface area contributed by atoms with Crippen LogP contribution in [0.3, 0.4) is 0 Å². The standard InChI is InChI=1S/C24H33NO5/c1-26-11-12-28-13-14-29-15-16-30-24-9-3-20(4-10-24)17-22-19-25(22)18-21-5-7-23(27-2)8-6-21/h3-10,22H,11-19H2,1-2H3/t22-,25?/m1/s1. The lowest BCUT2D eigenvalue weighted by molar-refractivity contribution is 0.0180. The van der Waals surface area contributed by atoms with Gasteiger partial charge in [0.2, 0.25) is 0 Å². The van der Waals surface area contributed by atoms with Crippen LogP contribution in [-0.2, 0) is 27.2 Å². The Hall–Kier alpha value is -2.12. The van der Waals surface area contributed by atoms with Gasteiger partial charge in [0, 0.05) is 26.2 Å². The maximum atomic E-state index is 5.74. The molecule has 2 aromatic carbocycles. The summed E-state index contributed by atoms with van der Waals surface area (Å²) < 4.78 is 26.7. The number of hydrogen-bond acceptors (Lipinski definition) is 6. The van der Waals surface area contributed by atoms with Gasteiger partial charge < -0.3 is 23.7 Å². The molecular weight excluding hydrogens is 382 g/mol. The fraction of sp³-hybridized carbons (Fsp3) is 0.500. The topological polar surface area (TPSA) is 49.2 Å². The van der Waals surface area contributed by atoms with Crippen molar-refractivity contribution in [3.05, 3.63) is 59.7 Å². The predicted molar refractivity (Wildman–Crippen MR) is 116 cm³/mol. The highest BCUT2D eigenvalue weighted by Crippen LogP contribution is 2.26. The third-order valence-corrected chi connectivity index (χ3v) is 5.07. The van der Waals surface area contributed by atoms with Crippen LogP contribution < -0.4 is 9.47 Å². The Morgan fingerprint density at radius 3 is 2.00 bits per heavy atom. The molecule has 6 nitrogen and oxygen atoms in total. The average Bonchev–Trinajstić information content (AvgIpc) is 3.51. The summed E-state index contributed by atoms with van der Waals surface area (Å²) in [6.45, 7) is 5.59. The third-order valence-electron chi connectivity index (χ3n) is 5.07. The average molecular weight is 416 g/mol. The van der Waals surface area contributed by atoms with E-state index in [0.29, 0.717) is 45.7 Å². The lowest BCUT2D eigenvalue weighted by atomic mass is 10.1. The molecule has 0 bridgehead atoms. The van der Waals surface area contributed by atoms with Gasteiger partial charge in [0.25, 0.3) is 0 Å². The van der Waals surface area contributed by atoms with Crippen LogP contribution in [0.1, 0.15) is 11.1 Å². The minimum atomic E-state index is 0.537. The van der Waals surface area contributed by atoms with E-state index in [-0.39, 0.29) is 0 Å². The number of nitrogens with zero attached hydrogens (tertiary/aromatic N) is 1. The lowest BCUT2D eigenvalue weighted by Crippen LogP contribution is -2.12. The highest BCUT2D eigenvalue weighted by Gasteiger charge is 2.33. The molecule has 1 saturated heterocycles. The van der Waals surface area contributed by atoms with Crippen LogP contribution >= 0.6 is 0 Å². The molecule has 0 saturated carbocycles. The smallest absolute Gasteiger partial charge is 0.119 e. The van der Waals surface area contributed by atoms with Crippen molar-refractivity contribution in [1.82, 2.24) is 4.90 Å². The lowest BCUT2D eigenvalue weighted by Gasteiger charge is -2.09. The van der Waals surface area contributed by atoms with E-state index in [1.54, 1.807) is 14.2 Å². The molecule has 0 amide bonds. The predicted octanol–water partition coefficient (Wildman–Crippen LogP) is 3.18. The van der Waals surface area contributed by atoms with Crippen molar-refractivity contribution in [3.63, 3.8) is 0 Å². The SMILES string of the molecule is COCCOCCOCCOc1ccc(C[C@@H]2CN2Cc2ccc(OC)cc2)cc1. The fourth-order valence-electron chi connectivity index (χ4n) is 3.25. The van der Waals surface area contributed by atoms with Crippen LogP contribution in [0.15, 0.2) is 48.5 Å². The molecule has 2 aromatic rings. The van der Waals surface area contributed by atoms with E-state index >= 15 is 0 Å². The van der Waals surface area contributed by atoms with Crippen LogP contribution in [0.5, 0.6) is 11.5 Å². The molecular formula is C24H33NO5. The highest BCUT2D eigenvalue weighted by atomic mass is 16.6. The number of methoxy groups -OCH3 is 2. The molecule has 6 heteroatoms. The Labute approximate surface area is 179 Å². The molecule has 1 aliphatic rings. The molecule has 1 aliphatic heterocycles. The zero-order chi connectivity index (χ0) is 21.0. The Balaban J connectivity index is 1.27. The van der Waals surface area contributed by atoms with Gasteiger partial charge in [-0.3, -0.25) is 4.90 Å². The Morgan fingerprint density at radius 1 is 0.733 bits per heavy atom. The first-order chi connectivity index (χ1) is 14.8. The van der Waals surface area contributed by atoms with Crippen molar-refractivity contribution >= 4 is 0 Å². The quantitative estimate of drug-likeness (QED) is 0.329. The molecule has 0 aliphatic carbocycles. The fourth-order valence-corrected chi connectivity index (χ4v) is 3.25. The van der Waals surface area contributed by atoms with E-state index < -0.39 is 0 Å². The van der Waals surface area contributed by atoms with E-state index in [4.69, 9.17) is 23.7 Å². The molecule has 3 rings (SSSR count). The molecule has 1 fully saturated rings. The van der Waals surface area contributed by atoms with Crippen molar-refractivity contribution in [2.45, 2.75) is 19.0 Å². The van der Waals surface area contributed by atoms with Gasteiger partial charge >= 0.3 is 0 Å². The minimum absolute atomic E-state index is 0.537. The van der Waals surface area contributed by atoms with Gasteiger partial charge in [0.1, 0.15) is 18.1 Å². The van der Waals surface area contributed by atoms with Gasteiger partial charge in [-0.15, -0.1) is 0 Å². The molecule has 2 atom stereocenters. The van der Waals surface area contributed by atoms with Crippen molar-refractivity contribution in [2.24, 2.45) is 0 Å². The van der Waals surface area contributed by atoms with E-state index in [0.717, 1.165) is 31.0 Å². The summed E-state index contributed by atoms with van der Waals surface area (Å²) in [5.74, 6) is 1.78. The molecule has 30 heavy (non-hydrogen) atoms. The third kappa shape index (κ3) is 7.95. The normalized spacial score (nSPS) is 17.7. The summed E-state index contributed by atoms with van der Waals surface area (Å²) in [7, 11) is 3.36. The van der Waals surface area contributed by atoms with Crippen molar-refractivity contribution in [3.8, 4) is 11.5 Å². The van der Waals surface area contributed by atoms with Crippen LogP contribution in [0, 0.1) is 0 Å². The highest BCUT2D eigenvalue weighted by molar-refractivity contribution is 5.29. The summed E-state index contributed by atoms with van der Waals surface area (Å²) in [5.41, 5.74) is 2.67. The van der Waals surface area contributed by atoms with Gasteiger partial charge in [-0.05, 0) is 41.8 Å². The van der Waals surface area contributed by atoms with Crippen LogP contribution in [-0.4, -0.2) is 71.3 Å². The molecule has 1 unspecified atom stereocenters. The van der Waals surface area contributed by atoms with E-state index in [9.17, 15) is 0 Å². The molecule has 1 heterocycles. The maximum Gasteiger partial charge on any atom is 0.119 e. The van der Waals surface area contributed by atoms with Gasteiger partial charge in [0.15, 0.2) is 0 Å². The molecule has 0 aromatic heterocycles. The first-order valence-electron chi connectivity index (χ1n) is 10.5. The van der Waals surface area contributed by atoms with E-state index in [2.05, 4.69) is 29.2 Å². The zero-order valence-electron chi connectivity index (χ0n) is 18.0. The first-order valence-corrected chi connectivity index (χ1v) is 10.5. The summed E-state index contributed by atoms with van der Waals surface area (Å²) in [5, 5.41) is 0. The Kier molecular flexibility index (Phi) is 9.44. The molecule has 164 valence electrons. The summed E-state index contributed by atoms with van der Waals surface area (Å²) in [6, 6.07) is 17.3. The number of rotatable bonds is 15. The first kappa shape index (κ1) is 22.6. The van der Waals surface area contributed by atoms with Crippen LogP contribution in [0.25, 0.3) is 0 Å². The number of benzene rings is 2. The van der Waals surface area contributed by atoms with Gasteiger partial charge in [-0.25, -0.2) is 0 Å². The molecule has 0 N–H and O–H groups in total. The maximum absolute atomic E-state index is 5.74. The Bertz CT molecular complexity index is 719. The van der Waals surface area contributed by atoms with Crippen molar-refractivity contribution in [2.75, 3.05) is 60.4 Å². The monoisotopic (exact) mass is 415 g/mol. The minimum Gasteiger partial charge on any atom is -0.497 e. The van der Waals surface area contributed by atoms with Gasteiger partial charge in [-0.2, -0.15) is 0 Å². The number of hydrogen-bond donors (Lipinski definition) is 0. The van der Waals surface area contributed by atoms with Gasteiger partial charge in [-0.1, -0.05) is 24.3 Å². The van der Waals surface area contributed by atoms with Crippen molar-refractivity contribution < 1.29 is 23.7 Å². The van der Waals surface area contributed by atoms with E-state index in [1.165, 1.54) is 11.1 Å². The second kappa shape index (κ2) is 12.5. The summed E-state index contributed by atoms with van der Waals surface area (Å²) >= 11 is 0. The number of ether oxygens (including phenoxy) is 5. The molecule has 0 spiro atoms. The van der Waals surface area contributed by atoms with Gasteiger partial charge in [0.05, 0.1) is 40.1 Å². The van der Waals surface area contributed by atoms with Crippen LogP contribution in [0.4, 0.5) is 0 Å². The van der Waals surface area contributed by atoms with E-state index in [1.807, 2.05) is 24.3 Å². The zero-order valence-corrected chi connectivity index (χ0v) is 18.0. The van der Waals surface area contributed by atoms with Crippen molar-refractivity contribution in [1.29, 1.82) is 0 Å². The summed E-state index contributed by atoms with van der Waals surface area (Å²) in [4.78, 5) is 2.49. The second-order valence-corrected chi connectivity index (χ2v) is 7.35.